The third-order valence-electron chi connectivity index (χ3n) is 4.46. The maximum absolute atomic E-state index is 13.3. The lowest BCUT2D eigenvalue weighted by atomic mass is 10.0. The average Bonchev–Trinajstić information content (AvgIpc) is 2.93. The molecule has 2 aliphatic heterocycles. The first-order valence-electron chi connectivity index (χ1n) is 7.44. The average molecular weight is 290 g/mol. The molecule has 2 fully saturated rings. The summed E-state index contributed by atoms with van der Waals surface area (Å²) in [5.41, 5.74) is 1.33. The molecule has 2 amide bonds. The predicted molar refractivity (Wildman–Crippen MR) is 77.4 cm³/mol. The van der Waals surface area contributed by atoms with E-state index in [0.29, 0.717) is 24.2 Å². The molecular formula is C16H19FN2O2. The van der Waals surface area contributed by atoms with Crippen LogP contribution in [0.4, 0.5) is 10.1 Å². The largest absolute Gasteiger partial charge is 0.329 e. The standard InChI is InChI=1S/C16H19FN2O2/c1-3-12-15(20)18-8-4-5-14(18)16(21)19(12)13-7-6-11(17)9-10(13)2/h6-7,9,12,14H,3-5,8H2,1-2H3. The molecule has 2 unspecified atom stereocenters. The fraction of sp³-hybridized carbons (Fsp3) is 0.500. The summed E-state index contributed by atoms with van der Waals surface area (Å²) in [5.74, 6) is -0.348. The van der Waals surface area contributed by atoms with Crippen molar-refractivity contribution in [2.24, 2.45) is 0 Å². The second kappa shape index (κ2) is 5.13. The van der Waals surface area contributed by atoms with Crippen LogP contribution in [0.1, 0.15) is 31.7 Å². The summed E-state index contributed by atoms with van der Waals surface area (Å²) in [4.78, 5) is 28.7. The van der Waals surface area contributed by atoms with Crippen molar-refractivity contribution in [1.82, 2.24) is 4.90 Å². The summed E-state index contributed by atoms with van der Waals surface area (Å²) in [6.07, 6.45) is 2.15. The number of anilines is 1. The Bertz CT molecular complexity index is 602. The maximum atomic E-state index is 13.3. The lowest BCUT2D eigenvalue weighted by Crippen LogP contribution is -2.63. The molecule has 0 aromatic heterocycles. The van der Waals surface area contributed by atoms with Crippen LogP contribution in [0, 0.1) is 12.7 Å². The van der Waals surface area contributed by atoms with Crippen LogP contribution in [-0.2, 0) is 9.59 Å². The van der Waals surface area contributed by atoms with Crippen molar-refractivity contribution in [3.63, 3.8) is 0 Å². The second-order valence-electron chi connectivity index (χ2n) is 5.75. The number of hydrogen-bond donors (Lipinski definition) is 0. The number of amides is 2. The van der Waals surface area contributed by atoms with E-state index >= 15 is 0 Å². The maximum Gasteiger partial charge on any atom is 0.250 e. The Balaban J connectivity index is 2.05. The Labute approximate surface area is 123 Å². The fourth-order valence-corrected chi connectivity index (χ4v) is 3.44. The molecule has 2 atom stereocenters. The first-order valence-corrected chi connectivity index (χ1v) is 7.44. The van der Waals surface area contributed by atoms with E-state index in [4.69, 9.17) is 0 Å². The summed E-state index contributed by atoms with van der Waals surface area (Å²) in [7, 11) is 0. The van der Waals surface area contributed by atoms with Gasteiger partial charge in [0.05, 0.1) is 0 Å². The molecule has 0 bridgehead atoms. The lowest BCUT2D eigenvalue weighted by molar-refractivity contribution is -0.144. The first-order chi connectivity index (χ1) is 10.0. The number of nitrogens with zero attached hydrogens (tertiary/aromatic N) is 2. The number of halogens is 1. The molecule has 21 heavy (non-hydrogen) atoms. The van der Waals surface area contributed by atoms with E-state index in [-0.39, 0.29) is 23.7 Å². The Hall–Kier alpha value is -1.91. The van der Waals surface area contributed by atoms with Crippen molar-refractivity contribution in [2.45, 2.75) is 45.2 Å². The number of aryl methyl sites for hydroxylation is 1. The normalized spacial score (nSPS) is 25.5. The molecule has 2 aliphatic rings. The molecule has 0 spiro atoms. The summed E-state index contributed by atoms with van der Waals surface area (Å²) in [5, 5.41) is 0. The lowest BCUT2D eigenvalue weighted by Gasteiger charge is -2.42. The highest BCUT2D eigenvalue weighted by molar-refractivity contribution is 6.09. The molecular weight excluding hydrogens is 271 g/mol. The molecule has 4 nitrogen and oxygen atoms in total. The molecule has 1 aromatic rings. The van der Waals surface area contributed by atoms with Gasteiger partial charge in [0.2, 0.25) is 5.91 Å². The van der Waals surface area contributed by atoms with Gasteiger partial charge >= 0.3 is 0 Å². The Morgan fingerprint density at radius 1 is 1.29 bits per heavy atom. The van der Waals surface area contributed by atoms with Crippen molar-refractivity contribution >= 4 is 17.5 Å². The highest BCUT2D eigenvalue weighted by Crippen LogP contribution is 2.33. The number of carbonyl (C=O) groups is 2. The van der Waals surface area contributed by atoms with Gasteiger partial charge in [-0.15, -0.1) is 0 Å². The zero-order valence-corrected chi connectivity index (χ0v) is 12.3. The van der Waals surface area contributed by atoms with Gasteiger partial charge < -0.3 is 4.90 Å². The van der Waals surface area contributed by atoms with E-state index < -0.39 is 6.04 Å². The predicted octanol–water partition coefficient (Wildman–Crippen LogP) is 2.25. The van der Waals surface area contributed by atoms with E-state index in [9.17, 15) is 14.0 Å². The van der Waals surface area contributed by atoms with E-state index in [2.05, 4.69) is 0 Å². The minimum atomic E-state index is -0.476. The first kappa shape index (κ1) is 14.0. The number of hydrogen-bond acceptors (Lipinski definition) is 2. The van der Waals surface area contributed by atoms with Crippen LogP contribution in [-0.4, -0.2) is 35.3 Å². The fourth-order valence-electron chi connectivity index (χ4n) is 3.44. The van der Waals surface area contributed by atoms with Crippen molar-refractivity contribution < 1.29 is 14.0 Å². The number of fused-ring (bicyclic) bond motifs is 1. The van der Waals surface area contributed by atoms with Crippen molar-refractivity contribution in [3.8, 4) is 0 Å². The van der Waals surface area contributed by atoms with Crippen LogP contribution in [0.2, 0.25) is 0 Å². The molecule has 3 rings (SSSR count). The van der Waals surface area contributed by atoms with E-state index in [1.54, 1.807) is 22.8 Å². The quantitative estimate of drug-likeness (QED) is 0.838. The van der Waals surface area contributed by atoms with E-state index in [0.717, 1.165) is 12.8 Å². The van der Waals surface area contributed by atoms with Gasteiger partial charge in [0, 0.05) is 12.2 Å². The van der Waals surface area contributed by atoms with Crippen LogP contribution in [0.5, 0.6) is 0 Å². The Kier molecular flexibility index (Phi) is 3.43. The monoisotopic (exact) mass is 290 g/mol. The molecule has 5 heteroatoms. The Morgan fingerprint density at radius 2 is 2.05 bits per heavy atom. The molecule has 0 radical (unpaired) electrons. The molecule has 0 N–H and O–H groups in total. The van der Waals surface area contributed by atoms with Crippen LogP contribution in [0.15, 0.2) is 18.2 Å². The minimum absolute atomic E-state index is 0.0170. The van der Waals surface area contributed by atoms with Gasteiger partial charge in [-0.3, -0.25) is 14.5 Å². The summed E-state index contributed by atoms with van der Waals surface area (Å²) >= 11 is 0. The topological polar surface area (TPSA) is 40.6 Å². The van der Waals surface area contributed by atoms with Crippen LogP contribution in [0.25, 0.3) is 0 Å². The minimum Gasteiger partial charge on any atom is -0.329 e. The van der Waals surface area contributed by atoms with Gasteiger partial charge in [0.15, 0.2) is 0 Å². The van der Waals surface area contributed by atoms with Crippen LogP contribution in [0.3, 0.4) is 0 Å². The van der Waals surface area contributed by atoms with Gasteiger partial charge in [0.25, 0.3) is 5.91 Å². The van der Waals surface area contributed by atoms with Crippen LogP contribution < -0.4 is 4.90 Å². The molecule has 112 valence electrons. The summed E-state index contributed by atoms with van der Waals surface area (Å²) in [6, 6.07) is 3.53. The van der Waals surface area contributed by atoms with E-state index in [1.165, 1.54) is 12.1 Å². The molecule has 2 saturated heterocycles. The highest BCUT2D eigenvalue weighted by Gasteiger charge is 2.47. The van der Waals surface area contributed by atoms with Gasteiger partial charge in [-0.25, -0.2) is 4.39 Å². The smallest absolute Gasteiger partial charge is 0.250 e. The number of carbonyl (C=O) groups excluding carboxylic acids is 2. The van der Waals surface area contributed by atoms with Gasteiger partial charge in [-0.2, -0.15) is 0 Å². The number of piperazine rings is 1. The third-order valence-corrected chi connectivity index (χ3v) is 4.46. The summed E-state index contributed by atoms with van der Waals surface area (Å²) in [6.45, 7) is 4.34. The van der Waals surface area contributed by atoms with E-state index in [1.807, 2.05) is 6.92 Å². The van der Waals surface area contributed by atoms with Gasteiger partial charge in [-0.05, 0) is 49.9 Å². The molecule has 2 heterocycles. The molecule has 1 aromatic carbocycles. The zero-order valence-electron chi connectivity index (χ0n) is 12.3. The van der Waals surface area contributed by atoms with Crippen molar-refractivity contribution in [2.75, 3.05) is 11.4 Å². The van der Waals surface area contributed by atoms with Gasteiger partial charge in [-0.1, -0.05) is 6.92 Å². The van der Waals surface area contributed by atoms with Crippen LogP contribution >= 0.6 is 0 Å². The zero-order chi connectivity index (χ0) is 15.1. The summed E-state index contributed by atoms with van der Waals surface area (Å²) < 4.78 is 13.3. The molecule has 0 saturated carbocycles. The van der Waals surface area contributed by atoms with Crippen molar-refractivity contribution in [1.29, 1.82) is 0 Å². The number of benzene rings is 1. The molecule has 0 aliphatic carbocycles. The van der Waals surface area contributed by atoms with Gasteiger partial charge in [0.1, 0.15) is 17.9 Å². The second-order valence-corrected chi connectivity index (χ2v) is 5.75. The SMILES string of the molecule is CCC1C(=O)N2CCCC2C(=O)N1c1ccc(F)cc1C. The Morgan fingerprint density at radius 3 is 2.71 bits per heavy atom. The third kappa shape index (κ3) is 2.11. The van der Waals surface area contributed by atoms with Crippen molar-refractivity contribution in [3.05, 3.63) is 29.6 Å². The number of rotatable bonds is 2. The highest BCUT2D eigenvalue weighted by atomic mass is 19.1.